The second-order valence-corrected chi connectivity index (χ2v) is 11.6. The molecule has 0 aliphatic carbocycles. The summed E-state index contributed by atoms with van der Waals surface area (Å²) in [6.45, 7) is 0.161. The number of carbonyl (C=O) groups is 1. The van der Waals surface area contributed by atoms with Crippen molar-refractivity contribution in [2.24, 2.45) is 0 Å². The molecule has 154 valence electrons. The molecule has 0 aromatic heterocycles. The lowest BCUT2D eigenvalue weighted by Crippen LogP contribution is -2.38. The number of ether oxygens (including phenoxy) is 1. The predicted molar refractivity (Wildman–Crippen MR) is 128 cm³/mol. The van der Waals surface area contributed by atoms with Crippen LogP contribution < -0.4 is 5.30 Å². The van der Waals surface area contributed by atoms with Crippen LogP contribution in [0.5, 0.6) is 0 Å². The molecule has 0 bridgehead atoms. The summed E-state index contributed by atoms with van der Waals surface area (Å²) in [6.07, 6.45) is 4.31. The molecular weight excluding hydrogens is 387 g/mol. The van der Waals surface area contributed by atoms with Gasteiger partial charge in [-0.2, -0.15) is 0 Å². The Morgan fingerprint density at radius 1 is 0.867 bits per heavy atom. The summed E-state index contributed by atoms with van der Waals surface area (Å²) in [7, 11) is 0. The molecular formula is C27H29O2P. The highest BCUT2D eigenvalue weighted by Gasteiger charge is 2.49. The van der Waals surface area contributed by atoms with Gasteiger partial charge in [0.15, 0.2) is 0 Å². The summed E-state index contributed by atoms with van der Waals surface area (Å²) in [5.41, 5.74) is 2.60. The van der Waals surface area contributed by atoms with Crippen molar-refractivity contribution in [3.05, 3.63) is 102 Å². The number of hydrogen-bond acceptors (Lipinski definition) is 2. The average Bonchev–Trinajstić information content (AvgIpc) is 2.81. The van der Waals surface area contributed by atoms with E-state index < -0.39 is 6.89 Å². The Morgan fingerprint density at radius 2 is 1.40 bits per heavy atom. The summed E-state index contributed by atoms with van der Waals surface area (Å²) in [6, 6.07) is 32.3. The second-order valence-electron chi connectivity index (χ2n) is 7.86. The smallest absolute Gasteiger partial charge is 0.331 e. The molecule has 1 atom stereocenters. The van der Waals surface area contributed by atoms with Gasteiger partial charge >= 0.3 is 5.97 Å². The second kappa shape index (κ2) is 9.06. The van der Waals surface area contributed by atoms with Crippen LogP contribution in [0.3, 0.4) is 0 Å². The van der Waals surface area contributed by atoms with Crippen molar-refractivity contribution in [3.63, 3.8) is 0 Å². The first-order chi connectivity index (χ1) is 14.7. The first-order valence-electron chi connectivity index (χ1n) is 10.8. The summed E-state index contributed by atoms with van der Waals surface area (Å²) in [4.78, 5) is 13.0. The molecule has 3 aromatic carbocycles. The third-order valence-electron chi connectivity index (χ3n) is 6.31. The van der Waals surface area contributed by atoms with Crippen molar-refractivity contribution >= 4 is 24.0 Å². The standard InChI is InChI=1S/C27H29O2P/c1-2-29-26(28)22-30(25-18-10-5-11-19-25)21-13-12-20-27(30,23-14-6-3-7-15-23)24-16-8-4-9-17-24/h3-11,14-19,22H,2,12-13,20-21H2,1H3. The first-order valence-corrected chi connectivity index (χ1v) is 12.8. The van der Waals surface area contributed by atoms with Crippen molar-refractivity contribution in [2.75, 3.05) is 12.8 Å². The zero-order valence-corrected chi connectivity index (χ0v) is 18.4. The highest BCUT2D eigenvalue weighted by molar-refractivity contribution is 7.84. The SMILES string of the molecule is CCOC(=O)C=P1(c2ccccc2)CCCCC1(c1ccccc1)c1ccccc1. The number of esters is 1. The molecule has 0 radical (unpaired) electrons. The number of rotatable bonds is 5. The van der Waals surface area contributed by atoms with Gasteiger partial charge < -0.3 is 4.74 Å². The molecule has 4 rings (SSSR count). The predicted octanol–water partition coefficient (Wildman–Crippen LogP) is 5.82. The fourth-order valence-electron chi connectivity index (χ4n) is 5.13. The topological polar surface area (TPSA) is 26.3 Å². The molecule has 3 aromatic rings. The largest absolute Gasteiger partial charge is 0.463 e. The van der Waals surface area contributed by atoms with Crippen LogP contribution >= 0.6 is 6.89 Å². The van der Waals surface area contributed by atoms with E-state index in [1.54, 1.807) is 0 Å². The van der Waals surface area contributed by atoms with Crippen LogP contribution in [0.25, 0.3) is 0 Å². The zero-order chi connectivity index (χ0) is 20.9. The van der Waals surface area contributed by atoms with Gasteiger partial charge in [-0.05, 0) is 42.4 Å². The Bertz CT molecular complexity index is 987. The van der Waals surface area contributed by atoms with E-state index in [0.29, 0.717) is 6.61 Å². The van der Waals surface area contributed by atoms with Gasteiger partial charge in [-0.3, -0.25) is 0 Å². The quantitative estimate of drug-likeness (QED) is 0.387. The summed E-state index contributed by atoms with van der Waals surface area (Å²) in [5.74, 6) is 1.80. The van der Waals surface area contributed by atoms with Crippen LogP contribution in [0.4, 0.5) is 0 Å². The third-order valence-corrected chi connectivity index (χ3v) is 11.3. The monoisotopic (exact) mass is 416 g/mol. The summed E-state index contributed by atoms with van der Waals surface area (Å²) >= 11 is 0. The summed E-state index contributed by atoms with van der Waals surface area (Å²) < 4.78 is 5.49. The normalized spacial score (nSPS) is 20.3. The van der Waals surface area contributed by atoms with Gasteiger partial charge in [-0.1, -0.05) is 104 Å². The first kappa shape index (κ1) is 20.7. The fourth-order valence-corrected chi connectivity index (χ4v) is 10.3. The van der Waals surface area contributed by atoms with Crippen molar-refractivity contribution in [1.82, 2.24) is 0 Å². The average molecular weight is 417 g/mol. The van der Waals surface area contributed by atoms with Crippen LogP contribution in [-0.2, 0) is 14.7 Å². The van der Waals surface area contributed by atoms with Gasteiger partial charge in [0.1, 0.15) is 0 Å². The van der Waals surface area contributed by atoms with Crippen molar-refractivity contribution in [3.8, 4) is 0 Å². The molecule has 3 heteroatoms. The number of hydrogen-bond donors (Lipinski definition) is 0. The highest BCUT2D eigenvalue weighted by Crippen LogP contribution is 2.70. The Labute approximate surface area is 179 Å². The van der Waals surface area contributed by atoms with Crippen LogP contribution in [0.1, 0.15) is 37.3 Å². The van der Waals surface area contributed by atoms with E-state index in [4.69, 9.17) is 4.74 Å². The third kappa shape index (κ3) is 3.55. The molecule has 2 nitrogen and oxygen atoms in total. The van der Waals surface area contributed by atoms with E-state index in [0.717, 1.165) is 25.4 Å². The van der Waals surface area contributed by atoms with Gasteiger partial charge in [0.05, 0.1) is 6.61 Å². The lowest BCUT2D eigenvalue weighted by molar-refractivity contribution is -0.134. The minimum absolute atomic E-state index is 0.187. The molecule has 1 fully saturated rings. The lowest BCUT2D eigenvalue weighted by atomic mass is 9.85. The van der Waals surface area contributed by atoms with Gasteiger partial charge in [-0.25, -0.2) is 4.79 Å². The maximum Gasteiger partial charge on any atom is 0.331 e. The molecule has 0 spiro atoms. The number of benzene rings is 3. The molecule has 1 aliphatic heterocycles. The molecule has 1 heterocycles. The van der Waals surface area contributed by atoms with Crippen LogP contribution in [0.2, 0.25) is 0 Å². The van der Waals surface area contributed by atoms with Crippen LogP contribution in [0, 0.1) is 0 Å². The molecule has 0 N–H and O–H groups in total. The molecule has 30 heavy (non-hydrogen) atoms. The fraction of sp³-hybridized carbons (Fsp3) is 0.259. The van der Waals surface area contributed by atoms with Gasteiger partial charge in [0.25, 0.3) is 0 Å². The van der Waals surface area contributed by atoms with E-state index in [1.165, 1.54) is 16.4 Å². The van der Waals surface area contributed by atoms with Gasteiger partial charge in [0.2, 0.25) is 0 Å². The molecule has 0 amide bonds. The van der Waals surface area contributed by atoms with E-state index in [1.807, 2.05) is 12.7 Å². The Balaban J connectivity index is 2.11. The molecule has 1 unspecified atom stereocenters. The molecule has 0 saturated carbocycles. The molecule has 1 saturated heterocycles. The highest BCUT2D eigenvalue weighted by atomic mass is 31.2. The number of carbonyl (C=O) groups excluding carboxylic acids is 1. The van der Waals surface area contributed by atoms with Crippen LogP contribution in [-0.4, -0.2) is 24.5 Å². The Hall–Kier alpha value is -2.57. The molecule has 1 aliphatic rings. The van der Waals surface area contributed by atoms with E-state index >= 15 is 0 Å². The van der Waals surface area contributed by atoms with Gasteiger partial charge in [0, 0.05) is 11.0 Å². The minimum atomic E-state index is -2.11. The lowest BCUT2D eigenvalue weighted by Gasteiger charge is -2.51. The van der Waals surface area contributed by atoms with E-state index in [9.17, 15) is 4.79 Å². The van der Waals surface area contributed by atoms with E-state index in [-0.39, 0.29) is 11.1 Å². The summed E-state index contributed by atoms with van der Waals surface area (Å²) in [5, 5.41) is 1.05. The maximum atomic E-state index is 13.0. The van der Waals surface area contributed by atoms with Gasteiger partial charge in [-0.15, -0.1) is 0 Å². The van der Waals surface area contributed by atoms with Crippen molar-refractivity contribution < 1.29 is 9.53 Å². The van der Waals surface area contributed by atoms with Crippen molar-refractivity contribution in [1.29, 1.82) is 0 Å². The van der Waals surface area contributed by atoms with Crippen LogP contribution in [0.15, 0.2) is 91.0 Å². The van der Waals surface area contributed by atoms with E-state index in [2.05, 4.69) is 91.0 Å². The van der Waals surface area contributed by atoms with Crippen molar-refractivity contribution in [2.45, 2.75) is 31.3 Å². The minimum Gasteiger partial charge on any atom is -0.463 e. The zero-order valence-electron chi connectivity index (χ0n) is 17.5. The Morgan fingerprint density at radius 3 is 1.93 bits per heavy atom. The maximum absolute atomic E-state index is 13.0. The Kier molecular flexibility index (Phi) is 6.25.